The highest BCUT2D eigenvalue weighted by Crippen LogP contribution is 2.13. The first-order valence-electron chi connectivity index (χ1n) is 5.61. The molecule has 3 nitrogen and oxygen atoms in total. The van der Waals surface area contributed by atoms with E-state index in [0.717, 1.165) is 24.3 Å². The third kappa shape index (κ3) is 3.41. The molecule has 0 spiro atoms. The summed E-state index contributed by atoms with van der Waals surface area (Å²) in [5, 5.41) is 12.5. The molecule has 2 aromatic rings. The molecule has 0 aromatic heterocycles. The summed E-state index contributed by atoms with van der Waals surface area (Å²) >= 11 is 0. The molecule has 0 radical (unpaired) electrons. The minimum absolute atomic E-state index is 0.303. The lowest BCUT2D eigenvalue weighted by atomic mass is 10.1. The van der Waals surface area contributed by atoms with Crippen LogP contribution >= 0.6 is 0 Å². The van der Waals surface area contributed by atoms with Gasteiger partial charge in [0.15, 0.2) is 0 Å². The molecule has 2 aromatic carbocycles. The van der Waals surface area contributed by atoms with Crippen molar-refractivity contribution in [3.8, 4) is 5.75 Å². The molecule has 0 aliphatic heterocycles. The standard InChI is InChI=1S/C14H16N2O/c15-12-2-1-3-13(10-12)16-9-8-11-4-6-14(17)7-5-11/h1-7,10,16-17H,8-9,15H2. The molecule has 0 unspecified atom stereocenters. The van der Waals surface area contributed by atoms with E-state index >= 15 is 0 Å². The molecule has 0 saturated heterocycles. The van der Waals surface area contributed by atoms with Crippen LogP contribution in [0.2, 0.25) is 0 Å². The van der Waals surface area contributed by atoms with E-state index in [0.29, 0.717) is 5.75 Å². The van der Waals surface area contributed by atoms with E-state index in [2.05, 4.69) is 5.32 Å². The van der Waals surface area contributed by atoms with Gasteiger partial charge in [0.25, 0.3) is 0 Å². The zero-order valence-electron chi connectivity index (χ0n) is 9.56. The normalized spacial score (nSPS) is 10.1. The van der Waals surface area contributed by atoms with Gasteiger partial charge in [-0.15, -0.1) is 0 Å². The van der Waals surface area contributed by atoms with Crippen molar-refractivity contribution in [1.29, 1.82) is 0 Å². The maximum atomic E-state index is 9.16. The average Bonchev–Trinajstić information content (AvgIpc) is 2.32. The van der Waals surface area contributed by atoms with Gasteiger partial charge in [-0.25, -0.2) is 0 Å². The van der Waals surface area contributed by atoms with Crippen LogP contribution < -0.4 is 11.1 Å². The summed E-state index contributed by atoms with van der Waals surface area (Å²) in [6.07, 6.45) is 0.912. The lowest BCUT2D eigenvalue weighted by molar-refractivity contribution is 0.475. The van der Waals surface area contributed by atoms with Crippen LogP contribution in [-0.4, -0.2) is 11.7 Å². The predicted octanol–water partition coefficient (Wildman–Crippen LogP) is 2.63. The maximum absolute atomic E-state index is 9.16. The molecule has 0 aliphatic carbocycles. The van der Waals surface area contributed by atoms with Crippen LogP contribution in [0.5, 0.6) is 5.75 Å². The van der Waals surface area contributed by atoms with Crippen molar-refractivity contribution in [2.75, 3.05) is 17.6 Å². The van der Waals surface area contributed by atoms with Crippen molar-refractivity contribution in [2.45, 2.75) is 6.42 Å². The molecule has 0 atom stereocenters. The zero-order chi connectivity index (χ0) is 12.1. The maximum Gasteiger partial charge on any atom is 0.115 e. The first-order valence-corrected chi connectivity index (χ1v) is 5.61. The quantitative estimate of drug-likeness (QED) is 0.705. The minimum Gasteiger partial charge on any atom is -0.508 e. The number of rotatable bonds is 4. The number of benzene rings is 2. The van der Waals surface area contributed by atoms with E-state index in [1.807, 2.05) is 36.4 Å². The number of nitrogens with one attached hydrogen (secondary N) is 1. The van der Waals surface area contributed by atoms with Crippen molar-refractivity contribution >= 4 is 11.4 Å². The lowest BCUT2D eigenvalue weighted by Gasteiger charge is -2.07. The van der Waals surface area contributed by atoms with E-state index < -0.39 is 0 Å². The Kier molecular flexibility index (Phi) is 3.50. The number of nitrogens with two attached hydrogens (primary N) is 1. The van der Waals surface area contributed by atoms with Crippen LogP contribution in [0, 0.1) is 0 Å². The van der Waals surface area contributed by atoms with E-state index in [9.17, 15) is 0 Å². The summed E-state index contributed by atoms with van der Waals surface area (Å²) in [7, 11) is 0. The highest BCUT2D eigenvalue weighted by Gasteiger charge is 1.95. The number of phenols is 1. The smallest absolute Gasteiger partial charge is 0.115 e. The molecule has 0 heterocycles. The summed E-state index contributed by atoms with van der Waals surface area (Å²) in [5.74, 6) is 0.303. The second kappa shape index (κ2) is 5.25. The van der Waals surface area contributed by atoms with Crippen LogP contribution in [0.1, 0.15) is 5.56 Å². The summed E-state index contributed by atoms with van der Waals surface area (Å²) in [6.45, 7) is 0.841. The van der Waals surface area contributed by atoms with Crippen molar-refractivity contribution in [1.82, 2.24) is 0 Å². The van der Waals surface area contributed by atoms with Crippen LogP contribution in [0.25, 0.3) is 0 Å². The van der Waals surface area contributed by atoms with Crippen molar-refractivity contribution in [3.63, 3.8) is 0 Å². The Morgan fingerprint density at radius 2 is 1.82 bits per heavy atom. The van der Waals surface area contributed by atoms with Crippen molar-refractivity contribution in [3.05, 3.63) is 54.1 Å². The van der Waals surface area contributed by atoms with Gasteiger partial charge in [-0.1, -0.05) is 18.2 Å². The monoisotopic (exact) mass is 228 g/mol. The first-order chi connectivity index (χ1) is 8.24. The fourth-order valence-electron chi connectivity index (χ4n) is 1.66. The number of nitrogen functional groups attached to an aromatic ring is 1. The van der Waals surface area contributed by atoms with E-state index in [1.54, 1.807) is 12.1 Å². The van der Waals surface area contributed by atoms with Gasteiger partial charge >= 0.3 is 0 Å². The second-order valence-electron chi connectivity index (χ2n) is 3.97. The molecule has 88 valence electrons. The SMILES string of the molecule is Nc1cccc(NCCc2ccc(O)cc2)c1. The third-order valence-corrected chi connectivity index (χ3v) is 2.57. The Balaban J connectivity index is 1.85. The van der Waals surface area contributed by atoms with Gasteiger partial charge in [0.1, 0.15) is 5.75 Å². The first kappa shape index (κ1) is 11.3. The molecular weight excluding hydrogens is 212 g/mol. The van der Waals surface area contributed by atoms with Crippen LogP contribution in [0.15, 0.2) is 48.5 Å². The molecular formula is C14H16N2O. The number of anilines is 2. The van der Waals surface area contributed by atoms with Gasteiger partial charge in [-0.3, -0.25) is 0 Å². The lowest BCUT2D eigenvalue weighted by Crippen LogP contribution is -2.04. The second-order valence-corrected chi connectivity index (χ2v) is 3.97. The highest BCUT2D eigenvalue weighted by atomic mass is 16.3. The molecule has 0 fully saturated rings. The number of aromatic hydroxyl groups is 1. The van der Waals surface area contributed by atoms with Gasteiger partial charge in [0.05, 0.1) is 0 Å². The summed E-state index contributed by atoms with van der Waals surface area (Å²) < 4.78 is 0. The molecule has 3 heteroatoms. The Hall–Kier alpha value is -2.16. The Morgan fingerprint density at radius 3 is 2.53 bits per heavy atom. The van der Waals surface area contributed by atoms with Crippen LogP contribution in [0.3, 0.4) is 0 Å². The summed E-state index contributed by atoms with van der Waals surface area (Å²) in [6, 6.07) is 15.0. The van der Waals surface area contributed by atoms with E-state index in [4.69, 9.17) is 10.8 Å². The molecule has 0 amide bonds. The van der Waals surface area contributed by atoms with Crippen LogP contribution in [0.4, 0.5) is 11.4 Å². The molecule has 0 bridgehead atoms. The van der Waals surface area contributed by atoms with E-state index in [1.165, 1.54) is 5.56 Å². The number of hydrogen-bond acceptors (Lipinski definition) is 3. The van der Waals surface area contributed by atoms with Crippen molar-refractivity contribution < 1.29 is 5.11 Å². The predicted molar refractivity (Wildman–Crippen MR) is 71.2 cm³/mol. The van der Waals surface area contributed by atoms with Gasteiger partial charge in [0, 0.05) is 17.9 Å². The van der Waals surface area contributed by atoms with E-state index in [-0.39, 0.29) is 0 Å². The summed E-state index contributed by atoms with van der Waals surface area (Å²) in [5.41, 5.74) is 8.68. The van der Waals surface area contributed by atoms with Crippen LogP contribution in [-0.2, 0) is 6.42 Å². The fraction of sp³-hybridized carbons (Fsp3) is 0.143. The topological polar surface area (TPSA) is 58.3 Å². The third-order valence-electron chi connectivity index (χ3n) is 2.57. The molecule has 0 saturated carbocycles. The fourth-order valence-corrected chi connectivity index (χ4v) is 1.66. The molecule has 4 N–H and O–H groups in total. The highest BCUT2D eigenvalue weighted by molar-refractivity contribution is 5.54. The van der Waals surface area contributed by atoms with Gasteiger partial charge < -0.3 is 16.2 Å². The number of hydrogen-bond donors (Lipinski definition) is 3. The Morgan fingerprint density at radius 1 is 1.06 bits per heavy atom. The number of phenolic OH excluding ortho intramolecular Hbond substituents is 1. The Bertz CT molecular complexity index is 480. The van der Waals surface area contributed by atoms with Crippen molar-refractivity contribution in [2.24, 2.45) is 0 Å². The molecule has 17 heavy (non-hydrogen) atoms. The van der Waals surface area contributed by atoms with Gasteiger partial charge in [0.2, 0.25) is 0 Å². The zero-order valence-corrected chi connectivity index (χ0v) is 9.56. The largest absolute Gasteiger partial charge is 0.508 e. The average molecular weight is 228 g/mol. The van der Waals surface area contributed by atoms with Gasteiger partial charge in [-0.2, -0.15) is 0 Å². The summed E-state index contributed by atoms with van der Waals surface area (Å²) in [4.78, 5) is 0. The van der Waals surface area contributed by atoms with Gasteiger partial charge in [-0.05, 0) is 42.3 Å². The molecule has 2 rings (SSSR count). The molecule has 0 aliphatic rings. The Labute approximate surface area is 101 Å². The minimum atomic E-state index is 0.303.